The number of sulfonamides is 1. The van der Waals surface area contributed by atoms with Crippen molar-refractivity contribution in [3.05, 3.63) is 54.1 Å². The van der Waals surface area contributed by atoms with Gasteiger partial charge in [-0.3, -0.25) is 13.9 Å². The summed E-state index contributed by atoms with van der Waals surface area (Å²) in [4.78, 5) is 27.4. The quantitative estimate of drug-likeness (QED) is 0.683. The van der Waals surface area contributed by atoms with E-state index >= 15 is 0 Å². The first-order valence-corrected chi connectivity index (χ1v) is 11.2. The number of benzene rings is 2. The van der Waals surface area contributed by atoms with Crippen LogP contribution in [0, 0.1) is 6.92 Å². The highest BCUT2D eigenvalue weighted by Crippen LogP contribution is 2.37. The summed E-state index contributed by atoms with van der Waals surface area (Å²) < 4.78 is 33.9. The molecule has 1 saturated heterocycles. The van der Waals surface area contributed by atoms with Crippen molar-refractivity contribution in [3.8, 4) is 5.75 Å². The first-order valence-electron chi connectivity index (χ1n) is 9.73. The molecule has 0 saturated carbocycles. The van der Waals surface area contributed by atoms with E-state index in [4.69, 9.17) is 4.74 Å². The van der Waals surface area contributed by atoms with Gasteiger partial charge in [-0.25, -0.2) is 8.42 Å². The van der Waals surface area contributed by atoms with Gasteiger partial charge < -0.3 is 14.5 Å². The van der Waals surface area contributed by atoms with Crippen LogP contribution >= 0.6 is 0 Å². The van der Waals surface area contributed by atoms with Gasteiger partial charge in [-0.05, 0) is 31.2 Å². The molecule has 2 heterocycles. The molecule has 0 unspecified atom stereocenters. The minimum absolute atomic E-state index is 0.111. The SMILES string of the molecule is Cc1ccc(S(=O)(=O)N2C[C@H](C(=O)N3CCN(C=O)CC3)Oc3ccccc32)cc1. The predicted octanol–water partition coefficient (Wildman–Crippen LogP) is 1.25. The minimum Gasteiger partial charge on any atom is -0.476 e. The molecule has 0 bridgehead atoms. The molecule has 2 aliphatic heterocycles. The van der Waals surface area contributed by atoms with Gasteiger partial charge in [0.05, 0.1) is 17.1 Å². The number of hydrogen-bond acceptors (Lipinski definition) is 5. The van der Waals surface area contributed by atoms with Crippen molar-refractivity contribution in [2.75, 3.05) is 37.0 Å². The maximum atomic E-state index is 13.4. The number of fused-ring (bicyclic) bond motifs is 1. The molecule has 0 radical (unpaired) electrons. The molecule has 0 N–H and O–H groups in total. The molecule has 158 valence electrons. The summed E-state index contributed by atoms with van der Waals surface area (Å²) >= 11 is 0. The molecule has 2 aliphatic rings. The van der Waals surface area contributed by atoms with Crippen molar-refractivity contribution in [1.82, 2.24) is 9.80 Å². The second-order valence-electron chi connectivity index (χ2n) is 7.39. The molecular weight excluding hydrogens is 406 g/mol. The van der Waals surface area contributed by atoms with E-state index in [-0.39, 0.29) is 17.3 Å². The van der Waals surface area contributed by atoms with Gasteiger partial charge in [0.25, 0.3) is 15.9 Å². The fraction of sp³-hybridized carbons (Fsp3) is 0.333. The summed E-state index contributed by atoms with van der Waals surface area (Å²) in [6, 6.07) is 13.4. The Morgan fingerprint density at radius 1 is 1.03 bits per heavy atom. The second-order valence-corrected chi connectivity index (χ2v) is 9.25. The number of carbonyl (C=O) groups excluding carboxylic acids is 2. The third kappa shape index (κ3) is 3.72. The van der Waals surface area contributed by atoms with Gasteiger partial charge in [-0.2, -0.15) is 0 Å². The predicted molar refractivity (Wildman–Crippen MR) is 111 cm³/mol. The first-order chi connectivity index (χ1) is 14.4. The number of aryl methyl sites for hydroxylation is 1. The van der Waals surface area contributed by atoms with Gasteiger partial charge in [0, 0.05) is 26.2 Å². The molecular formula is C21H23N3O5S. The van der Waals surface area contributed by atoms with E-state index in [1.165, 1.54) is 4.31 Å². The average Bonchev–Trinajstić information content (AvgIpc) is 2.78. The minimum atomic E-state index is -3.87. The molecule has 2 aromatic carbocycles. The van der Waals surface area contributed by atoms with E-state index in [0.29, 0.717) is 37.6 Å². The number of carbonyl (C=O) groups is 2. The molecule has 0 aliphatic carbocycles. The Morgan fingerprint density at radius 2 is 1.70 bits per heavy atom. The molecule has 9 heteroatoms. The fourth-order valence-electron chi connectivity index (χ4n) is 3.65. The summed E-state index contributed by atoms with van der Waals surface area (Å²) in [6.45, 7) is 3.46. The monoisotopic (exact) mass is 429 g/mol. The Bertz CT molecular complexity index is 1050. The Morgan fingerprint density at radius 3 is 2.37 bits per heavy atom. The van der Waals surface area contributed by atoms with E-state index in [9.17, 15) is 18.0 Å². The lowest BCUT2D eigenvalue weighted by Crippen LogP contribution is -2.56. The Labute approximate surface area is 175 Å². The van der Waals surface area contributed by atoms with Gasteiger partial charge in [-0.15, -0.1) is 0 Å². The van der Waals surface area contributed by atoms with Crippen molar-refractivity contribution in [3.63, 3.8) is 0 Å². The third-order valence-electron chi connectivity index (χ3n) is 5.39. The number of anilines is 1. The van der Waals surface area contributed by atoms with Gasteiger partial charge in [0.2, 0.25) is 6.41 Å². The molecule has 1 fully saturated rings. The van der Waals surface area contributed by atoms with Crippen molar-refractivity contribution >= 4 is 28.0 Å². The first kappa shape index (κ1) is 20.2. The molecule has 2 aromatic rings. The zero-order valence-corrected chi connectivity index (χ0v) is 17.4. The van der Waals surface area contributed by atoms with Crippen LogP contribution in [0.1, 0.15) is 5.56 Å². The highest BCUT2D eigenvalue weighted by atomic mass is 32.2. The Hall–Kier alpha value is -3.07. The summed E-state index contributed by atoms with van der Waals surface area (Å²) in [6.07, 6.45) is -0.187. The largest absolute Gasteiger partial charge is 0.476 e. The van der Waals surface area contributed by atoms with Gasteiger partial charge >= 0.3 is 0 Å². The van der Waals surface area contributed by atoms with Gasteiger partial charge in [-0.1, -0.05) is 29.8 Å². The van der Waals surface area contributed by atoms with Gasteiger partial charge in [0.1, 0.15) is 5.75 Å². The average molecular weight is 429 g/mol. The molecule has 0 spiro atoms. The molecule has 30 heavy (non-hydrogen) atoms. The third-order valence-corrected chi connectivity index (χ3v) is 7.19. The van der Waals surface area contributed by atoms with E-state index in [0.717, 1.165) is 12.0 Å². The van der Waals surface area contributed by atoms with Crippen LogP contribution in [0.25, 0.3) is 0 Å². The molecule has 1 atom stereocenters. The van der Waals surface area contributed by atoms with Crippen LogP contribution in [-0.4, -0.2) is 69.4 Å². The normalized spacial score (nSPS) is 19.1. The van der Waals surface area contributed by atoms with Crippen molar-refractivity contribution in [2.45, 2.75) is 17.9 Å². The lowest BCUT2D eigenvalue weighted by atomic mass is 10.2. The van der Waals surface area contributed by atoms with Crippen LogP contribution in [0.5, 0.6) is 5.75 Å². The highest BCUT2D eigenvalue weighted by Gasteiger charge is 2.39. The maximum Gasteiger partial charge on any atom is 0.265 e. The van der Waals surface area contributed by atoms with Crippen LogP contribution in [0.2, 0.25) is 0 Å². The smallest absolute Gasteiger partial charge is 0.265 e. The number of nitrogens with zero attached hydrogens (tertiary/aromatic N) is 3. The number of hydrogen-bond donors (Lipinski definition) is 0. The number of para-hydroxylation sites is 2. The standard InChI is InChI=1S/C21H23N3O5S/c1-16-6-8-17(9-7-16)30(27,28)24-14-20(29-19-5-3-2-4-18(19)24)21(26)23-12-10-22(15-25)11-13-23/h2-9,15,20H,10-14H2,1H3/t20-/m1/s1. The van der Waals surface area contributed by atoms with E-state index in [1.54, 1.807) is 58.3 Å². The van der Waals surface area contributed by atoms with Crippen LogP contribution in [0.4, 0.5) is 5.69 Å². The number of rotatable bonds is 4. The zero-order valence-electron chi connectivity index (χ0n) is 16.6. The molecule has 4 rings (SSSR count). The number of piperazine rings is 1. The fourth-order valence-corrected chi connectivity index (χ4v) is 5.12. The van der Waals surface area contributed by atoms with Crippen LogP contribution in [0.15, 0.2) is 53.4 Å². The van der Waals surface area contributed by atoms with Crippen LogP contribution < -0.4 is 9.04 Å². The molecule has 8 nitrogen and oxygen atoms in total. The summed E-state index contributed by atoms with van der Waals surface area (Å²) in [5, 5.41) is 0. The Kier molecular flexibility index (Phi) is 5.38. The number of amides is 2. The summed E-state index contributed by atoms with van der Waals surface area (Å²) in [7, 11) is -3.87. The maximum absolute atomic E-state index is 13.4. The Balaban J connectivity index is 1.63. The molecule has 2 amide bonds. The van der Waals surface area contributed by atoms with Gasteiger partial charge in [0.15, 0.2) is 6.10 Å². The van der Waals surface area contributed by atoms with Crippen LogP contribution in [0.3, 0.4) is 0 Å². The lowest BCUT2D eigenvalue weighted by molar-refractivity contribution is -0.141. The number of ether oxygens (including phenoxy) is 1. The van der Waals surface area contributed by atoms with E-state index < -0.39 is 16.1 Å². The highest BCUT2D eigenvalue weighted by molar-refractivity contribution is 7.92. The second kappa shape index (κ2) is 7.98. The zero-order chi connectivity index (χ0) is 21.3. The topological polar surface area (TPSA) is 87.2 Å². The lowest BCUT2D eigenvalue weighted by Gasteiger charge is -2.38. The summed E-state index contributed by atoms with van der Waals surface area (Å²) in [5.41, 5.74) is 1.37. The van der Waals surface area contributed by atoms with Crippen LogP contribution in [-0.2, 0) is 19.6 Å². The van der Waals surface area contributed by atoms with E-state index in [1.807, 2.05) is 6.92 Å². The summed E-state index contributed by atoms with van der Waals surface area (Å²) in [5.74, 6) is 0.0727. The van der Waals surface area contributed by atoms with E-state index in [2.05, 4.69) is 0 Å². The van der Waals surface area contributed by atoms with Crippen molar-refractivity contribution in [1.29, 1.82) is 0 Å². The van der Waals surface area contributed by atoms with Crippen molar-refractivity contribution in [2.24, 2.45) is 0 Å². The molecule has 0 aromatic heterocycles. The van der Waals surface area contributed by atoms with Crippen molar-refractivity contribution < 1.29 is 22.7 Å².